The molecule has 25 heavy (non-hydrogen) atoms. The Kier molecular flexibility index (Phi) is 6.51. The molecule has 3 aromatic carbocycles. The molecule has 0 saturated carbocycles. The molecule has 0 saturated heterocycles. The second kappa shape index (κ2) is 9.04. The molecule has 0 radical (unpaired) electrons. The van der Waals surface area contributed by atoms with Gasteiger partial charge in [0.1, 0.15) is 0 Å². The molecule has 0 spiro atoms. The molecule has 0 amide bonds. The summed E-state index contributed by atoms with van der Waals surface area (Å²) in [5.41, 5.74) is 2.85. The Morgan fingerprint density at radius 3 is 2.24 bits per heavy atom. The number of hydrogen-bond donors (Lipinski definition) is 0. The van der Waals surface area contributed by atoms with Crippen molar-refractivity contribution in [1.82, 2.24) is 0 Å². The molecule has 0 fully saturated rings. The van der Waals surface area contributed by atoms with Gasteiger partial charge in [0.05, 0.1) is 11.4 Å². The third kappa shape index (κ3) is 5.60. The fraction of sp³-hybridized carbons (Fsp3) is 0. The normalized spacial score (nSPS) is 11.8. The Morgan fingerprint density at radius 1 is 0.880 bits per heavy atom. The predicted octanol–water partition coefficient (Wildman–Crippen LogP) is 7.53. The molecule has 0 unspecified atom stereocenters. The second-order valence-electron chi connectivity index (χ2n) is 5.21. The van der Waals surface area contributed by atoms with Gasteiger partial charge in [-0.3, -0.25) is 0 Å². The molecule has 0 atom stereocenters. The number of halogens is 2. The van der Waals surface area contributed by atoms with Gasteiger partial charge in [0, 0.05) is 20.0 Å². The Bertz CT molecular complexity index is 872. The summed E-state index contributed by atoms with van der Waals surface area (Å²) in [5, 5.41) is 2.77. The molecular formula is C21H15BrClNS. The molecule has 1 nitrogen and oxygen atoms in total. The third-order valence-corrected chi connectivity index (χ3v) is 4.99. The van der Waals surface area contributed by atoms with E-state index in [0.29, 0.717) is 0 Å². The summed E-state index contributed by atoms with van der Waals surface area (Å²) in [6.07, 6.45) is 2.03. The van der Waals surface area contributed by atoms with Crippen LogP contribution in [-0.2, 0) is 0 Å². The number of para-hydroxylation sites is 1. The Hall–Kier alpha value is -1.81. The van der Waals surface area contributed by atoms with E-state index in [0.717, 1.165) is 26.5 Å². The number of benzene rings is 3. The van der Waals surface area contributed by atoms with Gasteiger partial charge in [0.25, 0.3) is 0 Å². The molecule has 3 aromatic rings. The van der Waals surface area contributed by atoms with Crippen LogP contribution in [0.5, 0.6) is 0 Å². The molecule has 0 aromatic heterocycles. The number of rotatable bonds is 5. The SMILES string of the molecule is Clc1ccc(C(C=CSc2ccc(Br)cc2)=Nc2ccccc2)cc1. The van der Waals surface area contributed by atoms with E-state index in [9.17, 15) is 0 Å². The van der Waals surface area contributed by atoms with E-state index in [-0.39, 0.29) is 0 Å². The summed E-state index contributed by atoms with van der Waals surface area (Å²) in [7, 11) is 0. The molecular weight excluding hydrogens is 414 g/mol. The maximum absolute atomic E-state index is 6.01. The van der Waals surface area contributed by atoms with Crippen molar-refractivity contribution in [3.8, 4) is 0 Å². The number of hydrogen-bond acceptors (Lipinski definition) is 2. The second-order valence-corrected chi connectivity index (χ2v) is 7.55. The molecule has 124 valence electrons. The number of aliphatic imine (C=N–C) groups is 1. The molecule has 0 aliphatic rings. The van der Waals surface area contributed by atoms with Crippen LogP contribution in [0.1, 0.15) is 5.56 Å². The topological polar surface area (TPSA) is 12.4 Å². The lowest BCUT2D eigenvalue weighted by atomic mass is 10.1. The minimum absolute atomic E-state index is 0.719. The summed E-state index contributed by atoms with van der Waals surface area (Å²) in [4.78, 5) is 5.95. The van der Waals surface area contributed by atoms with Gasteiger partial charge in [0.15, 0.2) is 0 Å². The zero-order chi connectivity index (χ0) is 17.5. The standard InChI is InChI=1S/C21H15BrClNS/c22-17-8-12-20(13-9-17)25-15-14-21(16-6-10-18(23)11-7-16)24-19-4-2-1-3-5-19/h1-15H. The van der Waals surface area contributed by atoms with Gasteiger partial charge >= 0.3 is 0 Å². The molecule has 0 N–H and O–H groups in total. The molecule has 3 rings (SSSR count). The monoisotopic (exact) mass is 427 g/mol. The van der Waals surface area contributed by atoms with Crippen LogP contribution >= 0.6 is 39.3 Å². The molecule has 0 bridgehead atoms. The van der Waals surface area contributed by atoms with E-state index in [4.69, 9.17) is 16.6 Å². The minimum atomic E-state index is 0.719. The highest BCUT2D eigenvalue weighted by molar-refractivity contribution is 9.10. The molecule has 0 heterocycles. The average molecular weight is 429 g/mol. The van der Waals surface area contributed by atoms with Gasteiger partial charge in [-0.25, -0.2) is 4.99 Å². The summed E-state index contributed by atoms with van der Waals surface area (Å²) >= 11 is 11.1. The highest BCUT2D eigenvalue weighted by Crippen LogP contribution is 2.23. The van der Waals surface area contributed by atoms with Crippen molar-refractivity contribution < 1.29 is 0 Å². The van der Waals surface area contributed by atoms with Crippen molar-refractivity contribution >= 4 is 50.7 Å². The van der Waals surface area contributed by atoms with Crippen LogP contribution in [0.4, 0.5) is 5.69 Å². The van der Waals surface area contributed by atoms with Crippen molar-refractivity contribution in [2.24, 2.45) is 4.99 Å². The van der Waals surface area contributed by atoms with Gasteiger partial charge < -0.3 is 0 Å². The maximum Gasteiger partial charge on any atom is 0.0714 e. The fourth-order valence-electron chi connectivity index (χ4n) is 2.15. The van der Waals surface area contributed by atoms with E-state index < -0.39 is 0 Å². The lowest BCUT2D eigenvalue weighted by Crippen LogP contribution is -1.95. The van der Waals surface area contributed by atoms with Crippen molar-refractivity contribution in [3.63, 3.8) is 0 Å². The first-order valence-corrected chi connectivity index (χ1v) is 9.74. The van der Waals surface area contributed by atoms with E-state index in [2.05, 4.69) is 33.5 Å². The van der Waals surface area contributed by atoms with Gasteiger partial charge in [-0.05, 0) is 60.0 Å². The average Bonchev–Trinajstić information content (AvgIpc) is 2.64. The maximum atomic E-state index is 6.01. The summed E-state index contributed by atoms with van der Waals surface area (Å²) < 4.78 is 1.08. The van der Waals surface area contributed by atoms with Crippen molar-refractivity contribution in [2.75, 3.05) is 0 Å². The van der Waals surface area contributed by atoms with Crippen LogP contribution in [0.15, 0.2) is 105 Å². The van der Waals surface area contributed by atoms with Crippen LogP contribution in [0.25, 0.3) is 0 Å². The fourth-order valence-corrected chi connectivity index (χ4v) is 3.19. The number of thioether (sulfide) groups is 1. The van der Waals surface area contributed by atoms with Crippen LogP contribution in [-0.4, -0.2) is 5.71 Å². The number of nitrogens with zero attached hydrogens (tertiary/aromatic N) is 1. The summed E-state index contributed by atoms with van der Waals surface area (Å²) in [6.45, 7) is 0. The Balaban J connectivity index is 1.85. The molecule has 4 heteroatoms. The van der Waals surface area contributed by atoms with Crippen molar-refractivity contribution in [1.29, 1.82) is 0 Å². The van der Waals surface area contributed by atoms with Gasteiger partial charge in [-0.2, -0.15) is 0 Å². The van der Waals surface area contributed by atoms with E-state index in [1.807, 2.05) is 72.8 Å². The van der Waals surface area contributed by atoms with Crippen LogP contribution in [0.3, 0.4) is 0 Å². The zero-order valence-electron chi connectivity index (χ0n) is 13.3. The number of allylic oxidation sites excluding steroid dienone is 1. The predicted molar refractivity (Wildman–Crippen MR) is 113 cm³/mol. The summed E-state index contributed by atoms with van der Waals surface area (Å²) in [6, 6.07) is 25.9. The van der Waals surface area contributed by atoms with Crippen LogP contribution in [0.2, 0.25) is 5.02 Å². The Labute approximate surface area is 165 Å². The molecule has 0 aliphatic carbocycles. The molecule has 0 aliphatic heterocycles. The minimum Gasteiger partial charge on any atom is -0.248 e. The van der Waals surface area contributed by atoms with Crippen LogP contribution < -0.4 is 0 Å². The largest absolute Gasteiger partial charge is 0.248 e. The lowest BCUT2D eigenvalue weighted by molar-refractivity contribution is 1.45. The van der Waals surface area contributed by atoms with Gasteiger partial charge in [0.2, 0.25) is 0 Å². The lowest BCUT2D eigenvalue weighted by Gasteiger charge is -2.03. The van der Waals surface area contributed by atoms with Gasteiger partial charge in [-0.15, -0.1) is 0 Å². The highest BCUT2D eigenvalue weighted by atomic mass is 79.9. The van der Waals surface area contributed by atoms with Gasteiger partial charge in [-0.1, -0.05) is 69.6 Å². The van der Waals surface area contributed by atoms with E-state index >= 15 is 0 Å². The zero-order valence-corrected chi connectivity index (χ0v) is 16.4. The van der Waals surface area contributed by atoms with E-state index in [1.54, 1.807) is 11.8 Å². The first-order valence-electron chi connectivity index (χ1n) is 7.69. The van der Waals surface area contributed by atoms with Crippen molar-refractivity contribution in [3.05, 3.63) is 105 Å². The van der Waals surface area contributed by atoms with Crippen LogP contribution in [0, 0.1) is 0 Å². The summed E-state index contributed by atoms with van der Waals surface area (Å²) in [5.74, 6) is 0. The van der Waals surface area contributed by atoms with E-state index in [1.165, 1.54) is 4.90 Å². The highest BCUT2D eigenvalue weighted by Gasteiger charge is 2.01. The smallest absolute Gasteiger partial charge is 0.0714 e. The third-order valence-electron chi connectivity index (χ3n) is 3.39. The van der Waals surface area contributed by atoms with Crippen molar-refractivity contribution in [2.45, 2.75) is 4.90 Å². The quantitative estimate of drug-likeness (QED) is 0.302. The first kappa shape index (κ1) is 18.0. The first-order chi connectivity index (χ1) is 12.2. The Morgan fingerprint density at radius 2 is 1.56 bits per heavy atom.